The first-order valence-electron chi connectivity index (χ1n) is 5.82. The molecule has 0 aromatic heterocycles. The molecule has 104 valence electrons. The molecule has 7 nitrogen and oxygen atoms in total. The average Bonchev–Trinajstić information content (AvgIpc) is 2.30. The van der Waals surface area contributed by atoms with Crippen LogP contribution in [-0.2, 0) is 9.84 Å². The Morgan fingerprint density at radius 3 is 2.79 bits per heavy atom. The van der Waals surface area contributed by atoms with Crippen molar-refractivity contribution in [3.05, 3.63) is 28.3 Å². The Balaban J connectivity index is 2.21. The molecule has 1 aromatic rings. The number of nitro groups is 1. The third kappa shape index (κ3) is 3.34. The van der Waals surface area contributed by atoms with Crippen molar-refractivity contribution in [3.63, 3.8) is 0 Å². The molecule has 1 aromatic carbocycles. The molecule has 1 fully saturated rings. The number of nitrogens with zero attached hydrogens (tertiary/aromatic N) is 1. The van der Waals surface area contributed by atoms with Crippen molar-refractivity contribution in [3.8, 4) is 5.75 Å². The fourth-order valence-electron chi connectivity index (χ4n) is 2.15. The van der Waals surface area contributed by atoms with Crippen molar-refractivity contribution in [2.24, 2.45) is 0 Å². The third-order valence-electron chi connectivity index (χ3n) is 3.00. The van der Waals surface area contributed by atoms with Gasteiger partial charge in [-0.3, -0.25) is 10.1 Å². The Morgan fingerprint density at radius 1 is 1.42 bits per heavy atom. The Bertz CT molecular complexity index is 599. The van der Waals surface area contributed by atoms with E-state index in [4.69, 9.17) is 0 Å². The summed E-state index contributed by atoms with van der Waals surface area (Å²) in [7, 11) is -3.08. The van der Waals surface area contributed by atoms with Gasteiger partial charge in [-0.25, -0.2) is 8.42 Å². The summed E-state index contributed by atoms with van der Waals surface area (Å²) in [6.07, 6.45) is 1.20. The molecule has 1 aliphatic rings. The van der Waals surface area contributed by atoms with Gasteiger partial charge in [-0.05, 0) is 25.0 Å². The summed E-state index contributed by atoms with van der Waals surface area (Å²) in [5, 5.41) is 23.0. The first kappa shape index (κ1) is 13.6. The van der Waals surface area contributed by atoms with Crippen molar-refractivity contribution in [2.45, 2.75) is 18.9 Å². The van der Waals surface area contributed by atoms with E-state index < -0.39 is 14.8 Å². The molecule has 0 spiro atoms. The van der Waals surface area contributed by atoms with E-state index in [2.05, 4.69) is 5.32 Å². The highest BCUT2D eigenvalue weighted by Crippen LogP contribution is 2.30. The summed E-state index contributed by atoms with van der Waals surface area (Å²) in [6, 6.07) is 3.42. The van der Waals surface area contributed by atoms with E-state index in [-0.39, 0.29) is 34.7 Å². The number of benzene rings is 1. The van der Waals surface area contributed by atoms with Gasteiger partial charge in [0.05, 0.1) is 22.5 Å². The molecule has 19 heavy (non-hydrogen) atoms. The van der Waals surface area contributed by atoms with Crippen LogP contribution in [0.25, 0.3) is 0 Å². The molecule has 2 N–H and O–H groups in total. The lowest BCUT2D eigenvalue weighted by Gasteiger charge is -2.23. The lowest BCUT2D eigenvalue weighted by molar-refractivity contribution is -0.384. The summed E-state index contributed by atoms with van der Waals surface area (Å²) in [6.45, 7) is 0. The zero-order valence-electron chi connectivity index (χ0n) is 10.1. The summed E-state index contributed by atoms with van der Waals surface area (Å²) >= 11 is 0. The van der Waals surface area contributed by atoms with Gasteiger partial charge in [0.25, 0.3) is 5.69 Å². The SMILES string of the molecule is O=[N+]([O-])c1cc(O)ccc1NC1CCCS(=O)(=O)C1. The van der Waals surface area contributed by atoms with Gasteiger partial charge in [0.2, 0.25) is 0 Å². The molecule has 0 amide bonds. The van der Waals surface area contributed by atoms with Gasteiger partial charge in [0.1, 0.15) is 11.4 Å². The minimum absolute atomic E-state index is 0.0228. The quantitative estimate of drug-likeness (QED) is 0.492. The first-order valence-corrected chi connectivity index (χ1v) is 7.64. The van der Waals surface area contributed by atoms with Gasteiger partial charge in [-0.2, -0.15) is 0 Å². The van der Waals surface area contributed by atoms with Crippen molar-refractivity contribution >= 4 is 21.2 Å². The van der Waals surface area contributed by atoms with E-state index in [1.165, 1.54) is 12.1 Å². The monoisotopic (exact) mass is 286 g/mol. The maximum absolute atomic E-state index is 11.5. The lowest BCUT2D eigenvalue weighted by atomic mass is 10.1. The number of phenols is 1. The zero-order chi connectivity index (χ0) is 14.0. The zero-order valence-corrected chi connectivity index (χ0v) is 10.9. The predicted octanol–water partition coefficient (Wildman–Crippen LogP) is 1.29. The van der Waals surface area contributed by atoms with Gasteiger partial charge < -0.3 is 10.4 Å². The highest BCUT2D eigenvalue weighted by Gasteiger charge is 2.26. The second kappa shape index (κ2) is 5.04. The third-order valence-corrected chi connectivity index (χ3v) is 4.82. The number of hydrogen-bond acceptors (Lipinski definition) is 6. The number of hydrogen-bond donors (Lipinski definition) is 2. The fraction of sp³-hybridized carbons (Fsp3) is 0.455. The van der Waals surface area contributed by atoms with Crippen LogP contribution in [0.3, 0.4) is 0 Å². The molecule has 1 unspecified atom stereocenters. The van der Waals surface area contributed by atoms with E-state index >= 15 is 0 Å². The molecule has 0 saturated carbocycles. The summed E-state index contributed by atoms with van der Waals surface area (Å²) < 4.78 is 23.0. The van der Waals surface area contributed by atoms with Gasteiger partial charge >= 0.3 is 0 Å². The van der Waals surface area contributed by atoms with Crippen LogP contribution in [0, 0.1) is 10.1 Å². The van der Waals surface area contributed by atoms with Gasteiger partial charge in [-0.1, -0.05) is 0 Å². The van der Waals surface area contributed by atoms with Crippen LogP contribution in [0.2, 0.25) is 0 Å². The predicted molar refractivity (Wildman–Crippen MR) is 70.1 cm³/mol. The summed E-state index contributed by atoms with van der Waals surface area (Å²) in [5.41, 5.74) is -0.0344. The highest BCUT2D eigenvalue weighted by molar-refractivity contribution is 7.91. The van der Waals surface area contributed by atoms with Gasteiger partial charge in [-0.15, -0.1) is 0 Å². The average molecular weight is 286 g/mol. The standard InChI is InChI=1S/C11H14N2O5S/c14-9-3-4-10(11(6-9)13(15)16)12-8-2-1-5-19(17,18)7-8/h3-4,6,8,12,14H,1-2,5,7H2. The topological polar surface area (TPSA) is 110 Å². The maximum Gasteiger partial charge on any atom is 0.296 e. The first-order chi connectivity index (χ1) is 8.87. The number of anilines is 1. The fourth-order valence-corrected chi connectivity index (χ4v) is 3.79. The second-order valence-electron chi connectivity index (χ2n) is 4.56. The van der Waals surface area contributed by atoms with E-state index in [1.807, 2.05) is 0 Å². The van der Waals surface area contributed by atoms with E-state index in [9.17, 15) is 23.6 Å². The van der Waals surface area contributed by atoms with Crippen LogP contribution in [0.4, 0.5) is 11.4 Å². The second-order valence-corrected chi connectivity index (χ2v) is 6.79. The van der Waals surface area contributed by atoms with Crippen molar-refractivity contribution in [1.82, 2.24) is 0 Å². The number of phenolic OH excluding ortho intramolecular Hbond substituents is 1. The molecular weight excluding hydrogens is 272 g/mol. The highest BCUT2D eigenvalue weighted by atomic mass is 32.2. The van der Waals surface area contributed by atoms with E-state index in [0.29, 0.717) is 12.8 Å². The molecule has 0 bridgehead atoms. The smallest absolute Gasteiger partial charge is 0.296 e. The van der Waals surface area contributed by atoms with Crippen LogP contribution in [0.5, 0.6) is 5.75 Å². The summed E-state index contributed by atoms with van der Waals surface area (Å²) in [5.74, 6) is -0.0537. The van der Waals surface area contributed by atoms with Crippen LogP contribution in [-0.4, -0.2) is 36.0 Å². The molecule has 1 saturated heterocycles. The molecule has 8 heteroatoms. The number of nitrogens with one attached hydrogen (secondary N) is 1. The maximum atomic E-state index is 11.5. The minimum atomic E-state index is -3.08. The molecule has 1 aliphatic heterocycles. The number of nitro benzene ring substituents is 1. The molecular formula is C11H14N2O5S. The Morgan fingerprint density at radius 2 is 2.16 bits per heavy atom. The molecule has 1 atom stereocenters. The lowest BCUT2D eigenvalue weighted by Crippen LogP contribution is -2.34. The largest absolute Gasteiger partial charge is 0.508 e. The number of sulfone groups is 1. The van der Waals surface area contributed by atoms with Crippen LogP contribution < -0.4 is 5.32 Å². The number of aromatic hydroxyl groups is 1. The molecule has 0 aliphatic carbocycles. The summed E-state index contributed by atoms with van der Waals surface area (Å²) in [4.78, 5) is 10.3. The normalized spacial score (nSPS) is 21.8. The van der Waals surface area contributed by atoms with Crippen LogP contribution >= 0.6 is 0 Å². The molecule has 0 radical (unpaired) electrons. The van der Waals surface area contributed by atoms with E-state index in [0.717, 1.165) is 6.07 Å². The number of rotatable bonds is 3. The van der Waals surface area contributed by atoms with Gasteiger partial charge in [0, 0.05) is 6.04 Å². The Hall–Kier alpha value is -1.83. The van der Waals surface area contributed by atoms with Gasteiger partial charge in [0.15, 0.2) is 9.84 Å². The van der Waals surface area contributed by atoms with E-state index in [1.54, 1.807) is 0 Å². The minimum Gasteiger partial charge on any atom is -0.508 e. The van der Waals surface area contributed by atoms with Crippen molar-refractivity contribution in [2.75, 3.05) is 16.8 Å². The van der Waals surface area contributed by atoms with Crippen LogP contribution in [0.15, 0.2) is 18.2 Å². The molecule has 1 heterocycles. The van der Waals surface area contributed by atoms with Crippen molar-refractivity contribution in [1.29, 1.82) is 0 Å². The van der Waals surface area contributed by atoms with Crippen LogP contribution in [0.1, 0.15) is 12.8 Å². The molecule has 2 rings (SSSR count). The Labute approximate surface area is 110 Å². The Kier molecular flexibility index (Phi) is 3.61. The van der Waals surface area contributed by atoms with Crippen molar-refractivity contribution < 1.29 is 18.4 Å².